The standard InChI is InChI=1S/C14H22N4O/c1-5-11-12(10-15)14(17-16-13(11)6-2)19-9-7-8-18(3)4/h5-9H2,1-4H3. The minimum atomic E-state index is 0.371. The average Bonchev–Trinajstić information content (AvgIpc) is 2.42. The molecule has 1 rings (SSSR count). The van der Waals surface area contributed by atoms with Crippen molar-refractivity contribution in [2.75, 3.05) is 27.2 Å². The second-order valence-electron chi connectivity index (χ2n) is 4.63. The Labute approximate surface area is 115 Å². The van der Waals surface area contributed by atoms with Crippen molar-refractivity contribution in [2.24, 2.45) is 0 Å². The molecule has 0 aromatic carbocycles. The lowest BCUT2D eigenvalue weighted by Gasteiger charge is -2.12. The minimum Gasteiger partial charge on any atom is -0.476 e. The molecule has 1 heterocycles. The first-order valence-electron chi connectivity index (χ1n) is 6.70. The molecule has 0 radical (unpaired) electrons. The first kappa shape index (κ1) is 15.4. The van der Waals surface area contributed by atoms with Crippen molar-refractivity contribution in [3.63, 3.8) is 0 Å². The van der Waals surface area contributed by atoms with Crippen LogP contribution >= 0.6 is 0 Å². The highest BCUT2D eigenvalue weighted by atomic mass is 16.5. The monoisotopic (exact) mass is 262 g/mol. The lowest BCUT2D eigenvalue weighted by molar-refractivity contribution is 0.269. The second-order valence-corrected chi connectivity index (χ2v) is 4.63. The van der Waals surface area contributed by atoms with Crippen LogP contribution in [0, 0.1) is 11.3 Å². The Morgan fingerprint density at radius 1 is 1.21 bits per heavy atom. The fourth-order valence-corrected chi connectivity index (χ4v) is 1.92. The van der Waals surface area contributed by atoms with Crippen molar-refractivity contribution in [1.29, 1.82) is 5.26 Å². The van der Waals surface area contributed by atoms with E-state index in [1.807, 2.05) is 27.9 Å². The van der Waals surface area contributed by atoms with Gasteiger partial charge in [0.2, 0.25) is 0 Å². The Bertz CT molecular complexity index is 451. The van der Waals surface area contributed by atoms with E-state index in [1.165, 1.54) is 0 Å². The predicted octanol–water partition coefficient (Wildman–Crippen LogP) is 1.80. The van der Waals surface area contributed by atoms with E-state index in [9.17, 15) is 5.26 Å². The van der Waals surface area contributed by atoms with Crippen molar-refractivity contribution in [1.82, 2.24) is 15.1 Å². The highest BCUT2D eigenvalue weighted by molar-refractivity contribution is 5.46. The van der Waals surface area contributed by atoms with Gasteiger partial charge in [0.05, 0.1) is 12.3 Å². The van der Waals surface area contributed by atoms with Crippen LogP contribution in [0.1, 0.15) is 37.1 Å². The number of aryl methyl sites for hydroxylation is 1. The van der Waals surface area contributed by atoms with Gasteiger partial charge in [-0.25, -0.2) is 0 Å². The smallest absolute Gasteiger partial charge is 0.251 e. The predicted molar refractivity (Wildman–Crippen MR) is 74.2 cm³/mol. The highest BCUT2D eigenvalue weighted by Gasteiger charge is 2.15. The van der Waals surface area contributed by atoms with Crippen LogP contribution in [0.2, 0.25) is 0 Å². The largest absolute Gasteiger partial charge is 0.476 e. The molecule has 5 nitrogen and oxygen atoms in total. The van der Waals surface area contributed by atoms with E-state index in [-0.39, 0.29) is 0 Å². The van der Waals surface area contributed by atoms with Gasteiger partial charge in [0.1, 0.15) is 11.6 Å². The fraction of sp³-hybridized carbons (Fsp3) is 0.643. The normalized spacial score (nSPS) is 10.5. The maximum absolute atomic E-state index is 9.29. The molecule has 104 valence electrons. The summed E-state index contributed by atoms with van der Waals surface area (Å²) in [5, 5.41) is 17.5. The molecule has 19 heavy (non-hydrogen) atoms. The molecule has 1 aromatic heterocycles. The third-order valence-electron chi connectivity index (χ3n) is 2.91. The second kappa shape index (κ2) is 7.70. The molecule has 0 aliphatic heterocycles. The molecule has 0 bridgehead atoms. The van der Waals surface area contributed by atoms with Gasteiger partial charge in [-0.2, -0.15) is 10.4 Å². The van der Waals surface area contributed by atoms with E-state index in [4.69, 9.17) is 4.74 Å². The summed E-state index contributed by atoms with van der Waals surface area (Å²) in [4.78, 5) is 2.10. The van der Waals surface area contributed by atoms with E-state index < -0.39 is 0 Å². The van der Waals surface area contributed by atoms with E-state index in [2.05, 4.69) is 21.2 Å². The molecule has 0 saturated heterocycles. The molecular formula is C14H22N4O. The molecule has 0 aliphatic carbocycles. The zero-order chi connectivity index (χ0) is 14.3. The number of nitriles is 1. The van der Waals surface area contributed by atoms with Gasteiger partial charge in [0.15, 0.2) is 0 Å². The molecule has 0 saturated carbocycles. The first-order valence-corrected chi connectivity index (χ1v) is 6.70. The van der Waals surface area contributed by atoms with Gasteiger partial charge in [-0.3, -0.25) is 0 Å². The number of aromatic nitrogens is 2. The van der Waals surface area contributed by atoms with Gasteiger partial charge in [-0.05, 0) is 38.9 Å². The molecule has 5 heteroatoms. The van der Waals surface area contributed by atoms with Crippen LogP contribution in [0.4, 0.5) is 0 Å². The van der Waals surface area contributed by atoms with Crippen LogP contribution in [0.3, 0.4) is 0 Å². The summed E-state index contributed by atoms with van der Waals surface area (Å²) in [5.41, 5.74) is 2.39. The summed E-state index contributed by atoms with van der Waals surface area (Å²) in [5.74, 6) is 0.371. The molecule has 0 atom stereocenters. The van der Waals surface area contributed by atoms with Crippen LogP contribution in [-0.2, 0) is 12.8 Å². The molecule has 0 N–H and O–H groups in total. The topological polar surface area (TPSA) is 62.0 Å². The van der Waals surface area contributed by atoms with Gasteiger partial charge < -0.3 is 9.64 Å². The van der Waals surface area contributed by atoms with E-state index >= 15 is 0 Å². The number of ether oxygens (including phenoxy) is 1. The SMILES string of the molecule is CCc1nnc(OCCCN(C)C)c(C#N)c1CC. The Morgan fingerprint density at radius 2 is 1.95 bits per heavy atom. The zero-order valence-electron chi connectivity index (χ0n) is 12.2. The third kappa shape index (κ3) is 4.18. The summed E-state index contributed by atoms with van der Waals surface area (Å²) < 4.78 is 5.60. The van der Waals surface area contributed by atoms with Crippen LogP contribution in [0.5, 0.6) is 5.88 Å². The molecule has 0 spiro atoms. The summed E-state index contributed by atoms with van der Waals surface area (Å²) >= 11 is 0. The van der Waals surface area contributed by atoms with Gasteiger partial charge in [0, 0.05) is 6.54 Å². The van der Waals surface area contributed by atoms with Crippen LogP contribution in [0.15, 0.2) is 0 Å². The summed E-state index contributed by atoms with van der Waals surface area (Å²) in [6.45, 7) is 5.54. The highest BCUT2D eigenvalue weighted by Crippen LogP contribution is 2.21. The average molecular weight is 262 g/mol. The number of nitrogens with zero attached hydrogens (tertiary/aromatic N) is 4. The molecule has 0 unspecified atom stereocenters. The van der Waals surface area contributed by atoms with Crippen molar-refractivity contribution >= 4 is 0 Å². The van der Waals surface area contributed by atoms with E-state index in [0.29, 0.717) is 18.1 Å². The quantitative estimate of drug-likeness (QED) is 0.701. The van der Waals surface area contributed by atoms with Gasteiger partial charge in [0.25, 0.3) is 5.88 Å². The summed E-state index contributed by atoms with van der Waals surface area (Å²) in [6.07, 6.45) is 2.46. The van der Waals surface area contributed by atoms with Crippen LogP contribution in [-0.4, -0.2) is 42.3 Å². The Hall–Kier alpha value is -1.67. The Kier molecular flexibility index (Phi) is 6.23. The molecule has 0 amide bonds. The number of hydrogen-bond donors (Lipinski definition) is 0. The molecule has 0 fully saturated rings. The first-order chi connectivity index (χ1) is 9.13. The lowest BCUT2D eigenvalue weighted by Crippen LogP contribution is -2.16. The van der Waals surface area contributed by atoms with Crippen molar-refractivity contribution in [3.05, 3.63) is 16.8 Å². The zero-order valence-corrected chi connectivity index (χ0v) is 12.2. The lowest BCUT2D eigenvalue weighted by atomic mass is 10.0. The molecule has 0 aliphatic rings. The van der Waals surface area contributed by atoms with Crippen LogP contribution in [0.25, 0.3) is 0 Å². The fourth-order valence-electron chi connectivity index (χ4n) is 1.92. The van der Waals surface area contributed by atoms with Crippen LogP contribution < -0.4 is 4.74 Å². The third-order valence-corrected chi connectivity index (χ3v) is 2.91. The van der Waals surface area contributed by atoms with Gasteiger partial charge >= 0.3 is 0 Å². The maximum atomic E-state index is 9.29. The Balaban J connectivity index is 2.81. The minimum absolute atomic E-state index is 0.371. The molecule has 1 aromatic rings. The van der Waals surface area contributed by atoms with E-state index in [1.54, 1.807) is 0 Å². The van der Waals surface area contributed by atoms with Crippen molar-refractivity contribution in [2.45, 2.75) is 33.1 Å². The van der Waals surface area contributed by atoms with Gasteiger partial charge in [-0.15, -0.1) is 5.10 Å². The Morgan fingerprint density at radius 3 is 2.47 bits per heavy atom. The maximum Gasteiger partial charge on any atom is 0.251 e. The number of rotatable bonds is 7. The number of hydrogen-bond acceptors (Lipinski definition) is 5. The molecular weight excluding hydrogens is 240 g/mol. The summed E-state index contributed by atoms with van der Waals surface area (Å²) in [7, 11) is 4.04. The van der Waals surface area contributed by atoms with E-state index in [0.717, 1.165) is 37.1 Å². The van der Waals surface area contributed by atoms with Gasteiger partial charge in [-0.1, -0.05) is 13.8 Å². The van der Waals surface area contributed by atoms with Crippen molar-refractivity contribution < 1.29 is 4.74 Å². The van der Waals surface area contributed by atoms with Crippen molar-refractivity contribution in [3.8, 4) is 11.9 Å². The summed E-state index contributed by atoms with van der Waals surface area (Å²) in [6, 6.07) is 2.20.